The Morgan fingerprint density at radius 3 is 1.75 bits per heavy atom. The van der Waals surface area contributed by atoms with Gasteiger partial charge in [-0.25, -0.2) is 0 Å². The topological polar surface area (TPSA) is 3.24 Å². The highest BCUT2D eigenvalue weighted by atomic mass is 15.1. The van der Waals surface area contributed by atoms with Crippen molar-refractivity contribution in [1.82, 2.24) is 0 Å². The van der Waals surface area contributed by atoms with Gasteiger partial charge in [0.25, 0.3) is 0 Å². The molecule has 0 amide bonds. The van der Waals surface area contributed by atoms with Gasteiger partial charge in [-0.3, -0.25) is 0 Å². The van der Waals surface area contributed by atoms with Crippen LogP contribution in [0.15, 0.2) is 140 Å². The second-order valence-corrected chi connectivity index (χ2v) is 12.7. The molecule has 1 heteroatoms. The van der Waals surface area contributed by atoms with E-state index in [1.165, 1.54) is 71.7 Å². The summed E-state index contributed by atoms with van der Waals surface area (Å²) in [5.41, 5.74) is 14.0. The maximum Gasteiger partial charge on any atom is 0.0468 e. The maximum atomic E-state index is 2.42. The molecule has 8 rings (SSSR count). The number of benzene rings is 7. The normalized spacial score (nSPS) is 13.2. The van der Waals surface area contributed by atoms with Gasteiger partial charge in [0.1, 0.15) is 0 Å². The second-order valence-electron chi connectivity index (χ2n) is 12.7. The van der Waals surface area contributed by atoms with Crippen LogP contribution in [0.25, 0.3) is 43.8 Å². The first-order valence-corrected chi connectivity index (χ1v) is 15.5. The zero-order valence-corrected chi connectivity index (χ0v) is 25.7. The maximum absolute atomic E-state index is 2.42. The minimum absolute atomic E-state index is 0.0226. The van der Waals surface area contributed by atoms with E-state index < -0.39 is 0 Å². The summed E-state index contributed by atoms with van der Waals surface area (Å²) < 4.78 is 0. The van der Waals surface area contributed by atoms with E-state index in [2.05, 4.69) is 172 Å². The predicted molar refractivity (Wildman–Crippen MR) is 189 cm³/mol. The Kier molecular flexibility index (Phi) is 6.00. The van der Waals surface area contributed by atoms with Crippen molar-refractivity contribution in [3.8, 4) is 22.3 Å². The van der Waals surface area contributed by atoms with Gasteiger partial charge in [0.2, 0.25) is 0 Å². The van der Waals surface area contributed by atoms with Crippen LogP contribution in [0.3, 0.4) is 0 Å². The van der Waals surface area contributed by atoms with E-state index >= 15 is 0 Å². The van der Waals surface area contributed by atoms with Crippen LogP contribution in [0.4, 0.5) is 17.1 Å². The number of anilines is 3. The monoisotopic (exact) mass is 565 g/mol. The summed E-state index contributed by atoms with van der Waals surface area (Å²) in [7, 11) is 0. The molecule has 0 saturated carbocycles. The van der Waals surface area contributed by atoms with Crippen molar-refractivity contribution in [2.24, 2.45) is 0 Å². The smallest absolute Gasteiger partial charge is 0.0468 e. The van der Waals surface area contributed by atoms with Crippen LogP contribution in [0.5, 0.6) is 0 Å². The predicted octanol–water partition coefficient (Wildman–Crippen LogP) is 12.1. The first-order valence-electron chi connectivity index (χ1n) is 15.5. The Bertz CT molecular complexity index is 2200. The Hall–Kier alpha value is -5.14. The molecule has 0 unspecified atom stereocenters. The van der Waals surface area contributed by atoms with Crippen molar-refractivity contribution in [3.05, 3.63) is 162 Å². The zero-order valence-electron chi connectivity index (χ0n) is 25.7. The van der Waals surface area contributed by atoms with E-state index in [1.54, 1.807) is 0 Å². The molecule has 1 nitrogen and oxygen atoms in total. The lowest BCUT2D eigenvalue weighted by atomic mass is 9.82. The molecule has 0 radical (unpaired) electrons. The van der Waals surface area contributed by atoms with E-state index in [4.69, 9.17) is 0 Å². The molecule has 1 aliphatic carbocycles. The number of hydrogen-bond acceptors (Lipinski definition) is 1. The van der Waals surface area contributed by atoms with Crippen LogP contribution in [0, 0.1) is 13.8 Å². The van der Waals surface area contributed by atoms with Gasteiger partial charge in [-0.1, -0.05) is 117 Å². The lowest BCUT2D eigenvalue weighted by Gasteiger charge is -2.28. The fourth-order valence-corrected chi connectivity index (χ4v) is 7.39. The number of hydrogen-bond donors (Lipinski definition) is 0. The molecule has 0 fully saturated rings. The third kappa shape index (κ3) is 4.00. The third-order valence-electron chi connectivity index (χ3n) is 9.91. The van der Waals surface area contributed by atoms with Gasteiger partial charge in [0, 0.05) is 22.5 Å². The molecule has 1 aliphatic rings. The molecule has 0 spiro atoms. The van der Waals surface area contributed by atoms with Gasteiger partial charge in [0.05, 0.1) is 0 Å². The molecule has 0 N–H and O–H groups in total. The Balaban J connectivity index is 1.34. The number of nitrogens with zero attached hydrogens (tertiary/aromatic N) is 1. The van der Waals surface area contributed by atoms with Gasteiger partial charge >= 0.3 is 0 Å². The summed E-state index contributed by atoms with van der Waals surface area (Å²) in [6.45, 7) is 9.21. The lowest BCUT2D eigenvalue weighted by molar-refractivity contribution is 0.660. The molecule has 0 saturated heterocycles. The van der Waals surface area contributed by atoms with Crippen LogP contribution in [0.1, 0.15) is 36.1 Å². The van der Waals surface area contributed by atoms with E-state index in [9.17, 15) is 0 Å². The van der Waals surface area contributed by atoms with Crippen LogP contribution in [0.2, 0.25) is 0 Å². The van der Waals surface area contributed by atoms with Crippen molar-refractivity contribution in [2.45, 2.75) is 33.1 Å². The van der Waals surface area contributed by atoms with E-state index in [0.717, 1.165) is 11.4 Å². The van der Waals surface area contributed by atoms with E-state index in [0.29, 0.717) is 0 Å². The largest absolute Gasteiger partial charge is 0.310 e. The Labute approximate surface area is 260 Å². The quantitative estimate of drug-likeness (QED) is 0.192. The average Bonchev–Trinajstić information content (AvgIpc) is 3.30. The number of aryl methyl sites for hydroxylation is 2. The van der Waals surface area contributed by atoms with Crippen molar-refractivity contribution in [2.75, 3.05) is 4.90 Å². The minimum atomic E-state index is -0.0226. The van der Waals surface area contributed by atoms with Crippen LogP contribution < -0.4 is 4.90 Å². The summed E-state index contributed by atoms with van der Waals surface area (Å²) in [6.07, 6.45) is 0. The van der Waals surface area contributed by atoms with Gasteiger partial charge in [0.15, 0.2) is 0 Å². The highest BCUT2D eigenvalue weighted by Gasteiger charge is 2.35. The highest BCUT2D eigenvalue weighted by Crippen LogP contribution is 2.50. The van der Waals surface area contributed by atoms with Gasteiger partial charge in [-0.05, 0) is 116 Å². The number of rotatable bonds is 4. The molecule has 0 bridgehead atoms. The molecular formula is C43H35N. The van der Waals surface area contributed by atoms with Crippen molar-refractivity contribution >= 4 is 38.6 Å². The molecule has 44 heavy (non-hydrogen) atoms. The lowest BCUT2D eigenvalue weighted by Crippen LogP contribution is -2.15. The third-order valence-corrected chi connectivity index (χ3v) is 9.91. The molecule has 0 atom stereocenters. The Morgan fingerprint density at radius 2 is 0.955 bits per heavy atom. The first kappa shape index (κ1) is 26.5. The molecule has 0 heterocycles. The molecule has 7 aromatic carbocycles. The standard InChI is InChI=1S/C43H35N/c1-28-29(2)39-26-33(22-24-37(39)36-15-9-8-14-35(28)36)44(32-20-18-31(19-21-32)30-12-6-5-7-13-30)34-23-25-42-40(27-34)38-16-10-11-17-41(38)43(42,3)4/h5-27H,1-4H3. The average molecular weight is 566 g/mol. The fourth-order valence-electron chi connectivity index (χ4n) is 7.39. The van der Waals surface area contributed by atoms with E-state index in [1.807, 2.05) is 0 Å². The molecule has 0 aromatic heterocycles. The summed E-state index contributed by atoms with van der Waals surface area (Å²) in [5.74, 6) is 0. The van der Waals surface area contributed by atoms with Crippen molar-refractivity contribution < 1.29 is 0 Å². The van der Waals surface area contributed by atoms with Crippen LogP contribution in [-0.4, -0.2) is 0 Å². The zero-order chi connectivity index (χ0) is 30.0. The first-order chi connectivity index (χ1) is 21.4. The summed E-state index contributed by atoms with van der Waals surface area (Å²) in [6, 6.07) is 51.3. The van der Waals surface area contributed by atoms with Crippen molar-refractivity contribution in [1.29, 1.82) is 0 Å². The Morgan fingerprint density at radius 1 is 0.409 bits per heavy atom. The molecule has 212 valence electrons. The summed E-state index contributed by atoms with van der Waals surface area (Å²) >= 11 is 0. The number of fused-ring (bicyclic) bond motifs is 6. The second kappa shape index (κ2) is 9.96. The molecule has 7 aromatic rings. The van der Waals surface area contributed by atoms with Gasteiger partial charge in [-0.2, -0.15) is 0 Å². The highest BCUT2D eigenvalue weighted by molar-refractivity contribution is 6.11. The molecule has 0 aliphatic heterocycles. The van der Waals surface area contributed by atoms with Crippen LogP contribution in [-0.2, 0) is 5.41 Å². The van der Waals surface area contributed by atoms with Gasteiger partial charge in [-0.15, -0.1) is 0 Å². The fraction of sp³-hybridized carbons (Fsp3) is 0.116. The van der Waals surface area contributed by atoms with Crippen LogP contribution >= 0.6 is 0 Å². The summed E-state index contributed by atoms with van der Waals surface area (Å²) in [5, 5.41) is 5.25. The molecular weight excluding hydrogens is 530 g/mol. The summed E-state index contributed by atoms with van der Waals surface area (Å²) in [4.78, 5) is 2.42. The SMILES string of the molecule is Cc1c(C)c2cc(N(c3ccc(-c4ccccc4)cc3)c3ccc4c(c3)-c3ccccc3C4(C)C)ccc2c2ccccc12. The van der Waals surface area contributed by atoms with Gasteiger partial charge < -0.3 is 4.90 Å². The van der Waals surface area contributed by atoms with Crippen molar-refractivity contribution in [3.63, 3.8) is 0 Å². The minimum Gasteiger partial charge on any atom is -0.310 e. The van der Waals surface area contributed by atoms with E-state index in [-0.39, 0.29) is 5.41 Å².